The van der Waals surface area contributed by atoms with E-state index in [9.17, 15) is 4.79 Å². The summed E-state index contributed by atoms with van der Waals surface area (Å²) in [5.74, 6) is 2.11. The van der Waals surface area contributed by atoms with Gasteiger partial charge in [0.05, 0.1) is 21.3 Å². The van der Waals surface area contributed by atoms with Gasteiger partial charge in [0.1, 0.15) is 5.75 Å². The first-order valence-electron chi connectivity index (χ1n) is 9.01. The zero-order valence-corrected chi connectivity index (χ0v) is 16.1. The number of piperazine rings is 1. The number of ether oxygens (including phenoxy) is 3. The lowest BCUT2D eigenvalue weighted by Crippen LogP contribution is -2.48. The summed E-state index contributed by atoms with van der Waals surface area (Å²) in [5, 5.41) is 0. The highest BCUT2D eigenvalue weighted by atomic mass is 16.5. The molecule has 1 saturated heterocycles. The number of nitrogens with zero attached hydrogens (tertiary/aromatic N) is 2. The molecule has 144 valence electrons. The quantitative estimate of drug-likeness (QED) is 0.783. The highest BCUT2D eigenvalue weighted by molar-refractivity contribution is 5.95. The predicted molar refractivity (Wildman–Crippen MR) is 104 cm³/mol. The number of para-hydroxylation sites is 1. The molecule has 2 aromatic rings. The van der Waals surface area contributed by atoms with Gasteiger partial charge in [-0.1, -0.05) is 18.2 Å². The normalized spacial score (nSPS) is 14.7. The Morgan fingerprint density at radius 1 is 0.852 bits per heavy atom. The fraction of sp³-hybridized carbons (Fsp3) is 0.381. The Balaban J connectivity index is 1.61. The van der Waals surface area contributed by atoms with Gasteiger partial charge in [0.2, 0.25) is 0 Å². The minimum absolute atomic E-state index is 0.0212. The Bertz CT molecular complexity index is 786. The van der Waals surface area contributed by atoms with Gasteiger partial charge in [-0.2, -0.15) is 0 Å². The molecule has 1 heterocycles. The van der Waals surface area contributed by atoms with Gasteiger partial charge in [-0.15, -0.1) is 0 Å². The molecule has 0 aromatic heterocycles. The van der Waals surface area contributed by atoms with E-state index in [4.69, 9.17) is 14.2 Å². The van der Waals surface area contributed by atoms with Crippen LogP contribution in [0.1, 0.15) is 15.9 Å². The number of methoxy groups -OCH3 is 3. The van der Waals surface area contributed by atoms with Gasteiger partial charge < -0.3 is 19.1 Å². The summed E-state index contributed by atoms with van der Waals surface area (Å²) < 4.78 is 16.0. The van der Waals surface area contributed by atoms with E-state index in [1.54, 1.807) is 39.5 Å². The van der Waals surface area contributed by atoms with Gasteiger partial charge in [0.15, 0.2) is 11.5 Å². The highest BCUT2D eigenvalue weighted by Crippen LogP contribution is 2.28. The number of carbonyl (C=O) groups excluding carboxylic acids is 1. The zero-order chi connectivity index (χ0) is 19.2. The molecule has 1 fully saturated rings. The maximum absolute atomic E-state index is 12.8. The van der Waals surface area contributed by atoms with Crippen LogP contribution in [0.2, 0.25) is 0 Å². The van der Waals surface area contributed by atoms with Crippen LogP contribution < -0.4 is 14.2 Å². The Morgan fingerprint density at radius 3 is 2.19 bits per heavy atom. The Morgan fingerprint density at radius 2 is 1.52 bits per heavy atom. The van der Waals surface area contributed by atoms with E-state index in [0.29, 0.717) is 30.2 Å². The summed E-state index contributed by atoms with van der Waals surface area (Å²) in [7, 11) is 4.85. The standard InChI is InChI=1S/C21H26N2O4/c1-25-18-7-5-4-6-17(18)15-22-10-12-23(13-11-22)21(24)16-8-9-19(26-2)20(14-16)27-3/h4-9,14H,10-13,15H2,1-3H3. The molecule has 27 heavy (non-hydrogen) atoms. The number of amides is 1. The van der Waals surface area contributed by atoms with E-state index in [0.717, 1.165) is 25.4 Å². The third kappa shape index (κ3) is 4.34. The Labute approximate surface area is 160 Å². The minimum atomic E-state index is 0.0212. The van der Waals surface area contributed by atoms with Gasteiger partial charge in [-0.25, -0.2) is 0 Å². The minimum Gasteiger partial charge on any atom is -0.496 e. The van der Waals surface area contributed by atoms with Crippen molar-refractivity contribution < 1.29 is 19.0 Å². The van der Waals surface area contributed by atoms with Crippen molar-refractivity contribution in [3.05, 3.63) is 53.6 Å². The van der Waals surface area contributed by atoms with Crippen molar-refractivity contribution >= 4 is 5.91 Å². The van der Waals surface area contributed by atoms with Gasteiger partial charge in [0, 0.05) is 43.9 Å². The van der Waals surface area contributed by atoms with Crippen LogP contribution in [0, 0.1) is 0 Å². The molecular weight excluding hydrogens is 344 g/mol. The first-order valence-corrected chi connectivity index (χ1v) is 9.01. The average molecular weight is 370 g/mol. The van der Waals surface area contributed by atoms with E-state index in [-0.39, 0.29) is 5.91 Å². The van der Waals surface area contributed by atoms with Crippen LogP contribution in [0.4, 0.5) is 0 Å². The van der Waals surface area contributed by atoms with Crippen LogP contribution in [0.15, 0.2) is 42.5 Å². The van der Waals surface area contributed by atoms with Gasteiger partial charge in [0.25, 0.3) is 5.91 Å². The molecule has 1 amide bonds. The first kappa shape index (κ1) is 19.0. The largest absolute Gasteiger partial charge is 0.496 e. The van der Waals surface area contributed by atoms with Crippen molar-refractivity contribution in [3.63, 3.8) is 0 Å². The lowest BCUT2D eigenvalue weighted by atomic mass is 10.1. The van der Waals surface area contributed by atoms with E-state index in [2.05, 4.69) is 11.0 Å². The molecule has 6 heteroatoms. The molecule has 0 spiro atoms. The van der Waals surface area contributed by atoms with Crippen LogP contribution in [0.5, 0.6) is 17.2 Å². The number of hydrogen-bond acceptors (Lipinski definition) is 5. The Hall–Kier alpha value is -2.73. The lowest BCUT2D eigenvalue weighted by molar-refractivity contribution is 0.0627. The van der Waals surface area contributed by atoms with Crippen molar-refractivity contribution in [2.24, 2.45) is 0 Å². The number of rotatable bonds is 6. The van der Waals surface area contributed by atoms with Crippen LogP contribution >= 0.6 is 0 Å². The molecule has 2 aromatic carbocycles. The van der Waals surface area contributed by atoms with Crippen molar-refractivity contribution in [2.75, 3.05) is 47.5 Å². The SMILES string of the molecule is COc1ccccc1CN1CCN(C(=O)c2ccc(OC)c(OC)c2)CC1. The van der Waals surface area contributed by atoms with Crippen LogP contribution in [0.3, 0.4) is 0 Å². The van der Waals surface area contributed by atoms with Gasteiger partial charge in [-0.05, 0) is 24.3 Å². The maximum Gasteiger partial charge on any atom is 0.254 e. The molecule has 0 aliphatic carbocycles. The highest BCUT2D eigenvalue weighted by Gasteiger charge is 2.23. The average Bonchev–Trinajstić information content (AvgIpc) is 2.73. The second-order valence-electron chi connectivity index (χ2n) is 6.45. The molecule has 0 N–H and O–H groups in total. The van der Waals surface area contributed by atoms with Crippen LogP contribution in [-0.2, 0) is 6.54 Å². The molecular formula is C21H26N2O4. The van der Waals surface area contributed by atoms with Crippen LogP contribution in [0.25, 0.3) is 0 Å². The monoisotopic (exact) mass is 370 g/mol. The second kappa shape index (κ2) is 8.77. The lowest BCUT2D eigenvalue weighted by Gasteiger charge is -2.35. The van der Waals surface area contributed by atoms with E-state index < -0.39 is 0 Å². The molecule has 6 nitrogen and oxygen atoms in total. The topological polar surface area (TPSA) is 51.2 Å². The summed E-state index contributed by atoms with van der Waals surface area (Å²) in [4.78, 5) is 17.1. The van der Waals surface area contributed by atoms with E-state index in [1.165, 1.54) is 5.56 Å². The molecule has 0 radical (unpaired) electrons. The zero-order valence-electron chi connectivity index (χ0n) is 16.1. The van der Waals surface area contributed by atoms with Crippen molar-refractivity contribution in [3.8, 4) is 17.2 Å². The van der Waals surface area contributed by atoms with Crippen molar-refractivity contribution in [1.82, 2.24) is 9.80 Å². The summed E-state index contributed by atoms with van der Waals surface area (Å²) in [5.41, 5.74) is 1.78. The first-order chi connectivity index (χ1) is 13.2. The third-order valence-electron chi connectivity index (χ3n) is 4.88. The van der Waals surface area contributed by atoms with E-state index in [1.807, 2.05) is 23.1 Å². The molecule has 1 aliphatic rings. The summed E-state index contributed by atoms with van der Waals surface area (Å²) >= 11 is 0. The smallest absolute Gasteiger partial charge is 0.254 e. The van der Waals surface area contributed by atoms with Crippen LogP contribution in [-0.4, -0.2) is 63.2 Å². The molecule has 3 rings (SSSR count). The predicted octanol–water partition coefficient (Wildman–Crippen LogP) is 2.67. The maximum atomic E-state index is 12.8. The summed E-state index contributed by atoms with van der Waals surface area (Å²) in [6.45, 7) is 3.88. The summed E-state index contributed by atoms with van der Waals surface area (Å²) in [6, 6.07) is 13.3. The van der Waals surface area contributed by atoms with Gasteiger partial charge in [-0.3, -0.25) is 9.69 Å². The third-order valence-corrected chi connectivity index (χ3v) is 4.88. The van der Waals surface area contributed by atoms with E-state index >= 15 is 0 Å². The molecule has 0 unspecified atom stereocenters. The fourth-order valence-electron chi connectivity index (χ4n) is 3.34. The molecule has 0 bridgehead atoms. The number of benzene rings is 2. The summed E-state index contributed by atoms with van der Waals surface area (Å²) in [6.07, 6.45) is 0. The van der Waals surface area contributed by atoms with Crippen molar-refractivity contribution in [1.29, 1.82) is 0 Å². The fourth-order valence-corrected chi connectivity index (χ4v) is 3.34. The second-order valence-corrected chi connectivity index (χ2v) is 6.45. The molecule has 1 aliphatic heterocycles. The molecule has 0 saturated carbocycles. The molecule has 0 atom stereocenters. The number of carbonyl (C=O) groups is 1. The van der Waals surface area contributed by atoms with Crippen molar-refractivity contribution in [2.45, 2.75) is 6.54 Å². The van der Waals surface area contributed by atoms with Gasteiger partial charge >= 0.3 is 0 Å². The number of hydrogen-bond donors (Lipinski definition) is 0. The Kier molecular flexibility index (Phi) is 6.19.